The molecule has 0 saturated carbocycles. The lowest BCUT2D eigenvalue weighted by atomic mass is 10.1. The molecular formula is C12H11FO2S. The van der Waals surface area contributed by atoms with E-state index in [2.05, 4.69) is 0 Å². The number of esters is 1. The van der Waals surface area contributed by atoms with Crippen LogP contribution in [0.3, 0.4) is 0 Å². The number of carbonyl (C=O) groups excluding carboxylic acids is 1. The van der Waals surface area contributed by atoms with Gasteiger partial charge in [0.1, 0.15) is 11.4 Å². The van der Waals surface area contributed by atoms with E-state index in [1.165, 1.54) is 30.0 Å². The van der Waals surface area contributed by atoms with Crippen LogP contribution < -0.4 is 0 Å². The molecule has 0 N–H and O–H groups in total. The quantitative estimate of drug-likeness (QED) is 0.740. The van der Waals surface area contributed by atoms with Crippen molar-refractivity contribution in [2.45, 2.75) is 24.3 Å². The number of hydrogen-bond donors (Lipinski definition) is 0. The first-order valence-corrected chi connectivity index (χ1v) is 5.67. The molecule has 1 aromatic rings. The first-order valence-electron chi connectivity index (χ1n) is 4.86. The Labute approximate surface area is 97.5 Å². The zero-order chi connectivity index (χ0) is 11.8. The van der Waals surface area contributed by atoms with E-state index in [-0.39, 0.29) is 11.8 Å². The molecule has 2 nitrogen and oxygen atoms in total. The van der Waals surface area contributed by atoms with Crippen LogP contribution in [-0.2, 0) is 9.53 Å². The summed E-state index contributed by atoms with van der Waals surface area (Å²) in [5, 5.41) is 0. The summed E-state index contributed by atoms with van der Waals surface area (Å²) in [5.74, 6) is -0.592. The Morgan fingerprint density at radius 1 is 1.25 bits per heavy atom. The topological polar surface area (TPSA) is 26.3 Å². The Hall–Kier alpha value is -1.29. The van der Waals surface area contributed by atoms with Crippen LogP contribution in [-0.4, -0.2) is 11.6 Å². The largest absolute Gasteiger partial charge is 0.451 e. The average Bonchev–Trinajstić information content (AvgIpc) is 2.43. The van der Waals surface area contributed by atoms with E-state index in [9.17, 15) is 9.18 Å². The van der Waals surface area contributed by atoms with Crippen molar-refractivity contribution in [1.82, 2.24) is 0 Å². The van der Waals surface area contributed by atoms with Crippen LogP contribution in [0.2, 0.25) is 0 Å². The Morgan fingerprint density at radius 3 is 2.38 bits per heavy atom. The van der Waals surface area contributed by atoms with Gasteiger partial charge in [0.2, 0.25) is 0 Å². The highest BCUT2D eigenvalue weighted by molar-refractivity contribution is 8.03. The molecule has 0 spiro atoms. The van der Waals surface area contributed by atoms with Crippen molar-refractivity contribution in [1.29, 1.82) is 0 Å². The van der Waals surface area contributed by atoms with Gasteiger partial charge in [0, 0.05) is 15.9 Å². The third-order valence-corrected chi connectivity index (χ3v) is 3.58. The fourth-order valence-corrected chi connectivity index (χ4v) is 2.36. The maximum atomic E-state index is 12.7. The lowest BCUT2D eigenvalue weighted by Gasteiger charge is -2.20. The second-order valence-corrected chi connectivity index (χ2v) is 5.11. The molecule has 16 heavy (non-hydrogen) atoms. The van der Waals surface area contributed by atoms with Crippen LogP contribution in [0.5, 0.6) is 0 Å². The normalized spacial score (nSPS) is 18.2. The van der Waals surface area contributed by atoms with Gasteiger partial charge in [-0.15, -0.1) is 0 Å². The first kappa shape index (κ1) is 11.2. The minimum absolute atomic E-state index is 0.267. The molecule has 84 valence electrons. The zero-order valence-corrected chi connectivity index (χ0v) is 9.81. The highest BCUT2D eigenvalue weighted by Gasteiger charge is 2.34. The molecule has 0 atom stereocenters. The van der Waals surface area contributed by atoms with E-state index in [0.717, 1.165) is 9.80 Å². The standard InChI is InChI=1S/C12H11FO2S/c1-12(2)10(7-11(14)15-12)16-9-5-3-8(13)4-6-9/h3-7H,1-2H3. The second kappa shape index (κ2) is 3.94. The Kier molecular flexibility index (Phi) is 2.76. The molecule has 1 aliphatic rings. The van der Waals surface area contributed by atoms with Crippen LogP contribution in [0.15, 0.2) is 40.1 Å². The van der Waals surface area contributed by atoms with E-state index in [4.69, 9.17) is 4.74 Å². The number of rotatable bonds is 2. The van der Waals surface area contributed by atoms with Gasteiger partial charge in [-0.25, -0.2) is 9.18 Å². The summed E-state index contributed by atoms with van der Waals surface area (Å²) in [6, 6.07) is 6.15. The lowest BCUT2D eigenvalue weighted by molar-refractivity contribution is -0.143. The fourth-order valence-electron chi connectivity index (χ4n) is 1.39. The summed E-state index contributed by atoms with van der Waals surface area (Å²) in [6.45, 7) is 3.67. The fraction of sp³-hybridized carbons (Fsp3) is 0.250. The maximum absolute atomic E-state index is 12.7. The van der Waals surface area contributed by atoms with Crippen molar-refractivity contribution >= 4 is 17.7 Å². The molecule has 0 radical (unpaired) electrons. The highest BCUT2D eigenvalue weighted by Crippen LogP contribution is 2.39. The van der Waals surface area contributed by atoms with Crippen molar-refractivity contribution in [2.75, 3.05) is 0 Å². The van der Waals surface area contributed by atoms with Crippen molar-refractivity contribution in [3.8, 4) is 0 Å². The Bertz CT molecular complexity index is 449. The van der Waals surface area contributed by atoms with Gasteiger partial charge in [-0.1, -0.05) is 11.8 Å². The first-order chi connectivity index (χ1) is 7.47. The van der Waals surface area contributed by atoms with E-state index >= 15 is 0 Å². The molecule has 0 fully saturated rings. The summed E-state index contributed by atoms with van der Waals surface area (Å²) in [5.41, 5.74) is -0.587. The van der Waals surface area contributed by atoms with Crippen LogP contribution in [0.4, 0.5) is 4.39 Å². The van der Waals surface area contributed by atoms with E-state index in [1.54, 1.807) is 12.1 Å². The molecule has 4 heteroatoms. The van der Waals surface area contributed by atoms with Gasteiger partial charge >= 0.3 is 5.97 Å². The van der Waals surface area contributed by atoms with Crippen LogP contribution >= 0.6 is 11.8 Å². The van der Waals surface area contributed by atoms with Crippen molar-refractivity contribution in [3.05, 3.63) is 41.1 Å². The SMILES string of the molecule is CC1(C)OC(=O)C=C1Sc1ccc(F)cc1. The lowest BCUT2D eigenvalue weighted by Crippen LogP contribution is -2.21. The monoisotopic (exact) mass is 238 g/mol. The Morgan fingerprint density at radius 2 is 1.88 bits per heavy atom. The summed E-state index contributed by atoms with van der Waals surface area (Å²) in [7, 11) is 0. The molecule has 2 rings (SSSR count). The van der Waals surface area contributed by atoms with Crippen LogP contribution in [0, 0.1) is 5.82 Å². The number of hydrogen-bond acceptors (Lipinski definition) is 3. The molecular weight excluding hydrogens is 227 g/mol. The number of halogens is 1. The molecule has 0 aliphatic carbocycles. The third-order valence-electron chi connectivity index (χ3n) is 2.24. The summed E-state index contributed by atoms with van der Waals surface area (Å²) in [6.07, 6.45) is 1.48. The van der Waals surface area contributed by atoms with Gasteiger partial charge in [-0.3, -0.25) is 0 Å². The summed E-state index contributed by atoms with van der Waals surface area (Å²) < 4.78 is 17.8. The second-order valence-electron chi connectivity index (χ2n) is 4.00. The van der Waals surface area contributed by atoms with E-state index < -0.39 is 5.60 Å². The molecule has 1 aromatic carbocycles. The van der Waals surface area contributed by atoms with E-state index in [1.807, 2.05) is 13.8 Å². The average molecular weight is 238 g/mol. The molecule has 1 aliphatic heterocycles. The summed E-state index contributed by atoms with van der Waals surface area (Å²) >= 11 is 1.42. The molecule has 0 unspecified atom stereocenters. The Balaban J connectivity index is 2.19. The number of benzene rings is 1. The molecule has 0 aromatic heterocycles. The molecule has 1 heterocycles. The third kappa shape index (κ3) is 2.27. The number of ether oxygens (including phenoxy) is 1. The maximum Gasteiger partial charge on any atom is 0.332 e. The van der Waals surface area contributed by atoms with Crippen molar-refractivity contribution in [2.24, 2.45) is 0 Å². The van der Waals surface area contributed by atoms with Crippen molar-refractivity contribution < 1.29 is 13.9 Å². The van der Waals surface area contributed by atoms with Crippen LogP contribution in [0.1, 0.15) is 13.8 Å². The van der Waals surface area contributed by atoms with Gasteiger partial charge in [0.05, 0.1) is 0 Å². The van der Waals surface area contributed by atoms with Gasteiger partial charge in [0.15, 0.2) is 0 Å². The minimum atomic E-state index is -0.587. The van der Waals surface area contributed by atoms with Gasteiger partial charge in [0.25, 0.3) is 0 Å². The predicted molar refractivity (Wildman–Crippen MR) is 60.5 cm³/mol. The molecule has 0 bridgehead atoms. The van der Waals surface area contributed by atoms with Gasteiger partial charge in [-0.2, -0.15) is 0 Å². The highest BCUT2D eigenvalue weighted by atomic mass is 32.2. The summed E-state index contributed by atoms with van der Waals surface area (Å²) in [4.78, 5) is 12.9. The molecule has 0 amide bonds. The molecule has 0 saturated heterocycles. The van der Waals surface area contributed by atoms with Crippen LogP contribution in [0.25, 0.3) is 0 Å². The van der Waals surface area contributed by atoms with Gasteiger partial charge < -0.3 is 4.74 Å². The van der Waals surface area contributed by atoms with Gasteiger partial charge in [-0.05, 0) is 38.1 Å². The van der Waals surface area contributed by atoms with Crippen molar-refractivity contribution in [3.63, 3.8) is 0 Å². The smallest absolute Gasteiger partial charge is 0.332 e. The minimum Gasteiger partial charge on any atom is -0.451 e. The number of thioether (sulfide) groups is 1. The zero-order valence-electron chi connectivity index (χ0n) is 8.99. The van der Waals surface area contributed by atoms with E-state index in [0.29, 0.717) is 0 Å². The number of carbonyl (C=O) groups is 1. The number of cyclic esters (lactones) is 1. The predicted octanol–water partition coefficient (Wildman–Crippen LogP) is 3.14.